The fourth-order valence-corrected chi connectivity index (χ4v) is 0.601. The Bertz CT molecular complexity index is 284. The summed E-state index contributed by atoms with van der Waals surface area (Å²) >= 11 is 0. The Morgan fingerprint density at radius 1 is 1.91 bits per heavy atom. The van der Waals surface area contributed by atoms with Gasteiger partial charge in [-0.05, 0) is 6.07 Å². The monoisotopic (exact) mass is 150 g/mol. The smallest absolute Gasteiger partial charge is 0.273 e. The number of H-pyrrole nitrogens is 1. The lowest BCUT2D eigenvalue weighted by Crippen LogP contribution is -2.21. The van der Waals surface area contributed by atoms with Crippen molar-refractivity contribution < 1.29 is 4.79 Å². The number of aromatic amines is 1. The number of carbonyl (C=O) groups excluding carboxylic acids is 1. The summed E-state index contributed by atoms with van der Waals surface area (Å²) in [5.74, 6) is -0.384. The summed E-state index contributed by atoms with van der Waals surface area (Å²) in [5.41, 5.74) is 0.314. The number of nitrogens with one attached hydrogen (secondary N) is 1. The SMILES string of the molecule is CN(C#N)C(=O)c1ccn[nH]1. The second kappa shape index (κ2) is 2.84. The molecule has 0 fully saturated rings. The van der Waals surface area contributed by atoms with E-state index in [0.29, 0.717) is 5.69 Å². The van der Waals surface area contributed by atoms with Crippen molar-refractivity contribution in [2.45, 2.75) is 0 Å². The Morgan fingerprint density at radius 2 is 2.64 bits per heavy atom. The van der Waals surface area contributed by atoms with E-state index in [1.165, 1.54) is 19.3 Å². The molecular formula is C6H6N4O. The minimum Gasteiger partial charge on any atom is -0.273 e. The zero-order valence-corrected chi connectivity index (χ0v) is 5.90. The molecule has 0 radical (unpaired) electrons. The molecule has 0 atom stereocenters. The van der Waals surface area contributed by atoms with Crippen LogP contribution < -0.4 is 0 Å². The number of nitriles is 1. The number of hydrogen-bond acceptors (Lipinski definition) is 3. The maximum absolute atomic E-state index is 11.1. The minimum absolute atomic E-state index is 0.314. The van der Waals surface area contributed by atoms with Crippen LogP contribution in [-0.4, -0.2) is 28.1 Å². The standard InChI is InChI=1S/C6H6N4O/c1-10(4-7)6(11)5-2-3-8-9-5/h2-3H,1H3,(H,8,9). The van der Waals surface area contributed by atoms with E-state index >= 15 is 0 Å². The molecule has 0 aliphatic heterocycles. The van der Waals surface area contributed by atoms with E-state index in [4.69, 9.17) is 5.26 Å². The first-order chi connectivity index (χ1) is 5.25. The van der Waals surface area contributed by atoms with Crippen molar-refractivity contribution in [3.63, 3.8) is 0 Å². The number of aromatic nitrogens is 2. The summed E-state index contributed by atoms with van der Waals surface area (Å²) < 4.78 is 0. The predicted molar refractivity (Wildman–Crippen MR) is 36.3 cm³/mol. The maximum atomic E-state index is 11.1. The Morgan fingerprint density at radius 3 is 3.09 bits per heavy atom. The lowest BCUT2D eigenvalue weighted by Gasteiger charge is -2.02. The molecule has 0 saturated carbocycles. The van der Waals surface area contributed by atoms with E-state index in [1.54, 1.807) is 6.19 Å². The normalized spacial score (nSPS) is 8.73. The third-order valence-electron chi connectivity index (χ3n) is 1.19. The highest BCUT2D eigenvalue weighted by atomic mass is 16.2. The Labute approximate surface area is 63.2 Å². The van der Waals surface area contributed by atoms with Gasteiger partial charge in [-0.1, -0.05) is 0 Å². The van der Waals surface area contributed by atoms with Crippen LogP contribution in [0.3, 0.4) is 0 Å². The lowest BCUT2D eigenvalue weighted by molar-refractivity contribution is 0.0853. The molecule has 56 valence electrons. The van der Waals surface area contributed by atoms with E-state index < -0.39 is 0 Å². The van der Waals surface area contributed by atoms with E-state index in [1.807, 2.05) is 0 Å². The van der Waals surface area contributed by atoms with Gasteiger partial charge in [-0.2, -0.15) is 10.4 Å². The van der Waals surface area contributed by atoms with Crippen molar-refractivity contribution in [3.8, 4) is 6.19 Å². The van der Waals surface area contributed by atoms with Gasteiger partial charge in [0.15, 0.2) is 6.19 Å². The summed E-state index contributed by atoms with van der Waals surface area (Å²) in [7, 11) is 1.39. The van der Waals surface area contributed by atoms with Crippen molar-refractivity contribution in [1.29, 1.82) is 5.26 Å². The van der Waals surface area contributed by atoms with Gasteiger partial charge in [-0.25, -0.2) is 4.90 Å². The van der Waals surface area contributed by atoms with E-state index in [-0.39, 0.29) is 5.91 Å². The molecule has 0 saturated heterocycles. The third-order valence-corrected chi connectivity index (χ3v) is 1.19. The molecule has 1 N–H and O–H groups in total. The topological polar surface area (TPSA) is 72.8 Å². The quantitative estimate of drug-likeness (QED) is 0.451. The number of carbonyl (C=O) groups is 1. The fraction of sp³-hybridized carbons (Fsp3) is 0.167. The molecule has 0 unspecified atom stereocenters. The number of rotatable bonds is 1. The second-order valence-corrected chi connectivity index (χ2v) is 1.93. The fourth-order valence-electron chi connectivity index (χ4n) is 0.601. The van der Waals surface area contributed by atoms with Crippen LogP contribution in [0, 0.1) is 11.5 Å². The van der Waals surface area contributed by atoms with Crippen LogP contribution in [0.1, 0.15) is 10.5 Å². The third kappa shape index (κ3) is 1.35. The first-order valence-electron chi connectivity index (χ1n) is 2.93. The van der Waals surface area contributed by atoms with Gasteiger partial charge >= 0.3 is 0 Å². The molecule has 11 heavy (non-hydrogen) atoms. The average Bonchev–Trinajstić information content (AvgIpc) is 2.53. The Balaban J connectivity index is 2.81. The van der Waals surface area contributed by atoms with Crippen molar-refractivity contribution in [2.75, 3.05) is 7.05 Å². The van der Waals surface area contributed by atoms with Gasteiger partial charge in [0.1, 0.15) is 5.69 Å². The van der Waals surface area contributed by atoms with Gasteiger partial charge in [-0.15, -0.1) is 0 Å². The summed E-state index contributed by atoms with van der Waals surface area (Å²) in [5, 5.41) is 14.4. The van der Waals surface area contributed by atoms with E-state index in [9.17, 15) is 4.79 Å². The molecule has 1 rings (SSSR count). The molecule has 1 heterocycles. The Kier molecular flexibility index (Phi) is 1.88. The molecule has 1 amide bonds. The number of amides is 1. The summed E-state index contributed by atoms with van der Waals surface area (Å²) in [6, 6.07) is 1.51. The van der Waals surface area contributed by atoms with Crippen LogP contribution in [0.5, 0.6) is 0 Å². The molecule has 0 spiro atoms. The molecule has 0 aromatic carbocycles. The Hall–Kier alpha value is -1.83. The van der Waals surface area contributed by atoms with Gasteiger partial charge in [0.25, 0.3) is 5.91 Å². The van der Waals surface area contributed by atoms with Crippen LogP contribution >= 0.6 is 0 Å². The highest BCUT2D eigenvalue weighted by Gasteiger charge is 2.10. The van der Waals surface area contributed by atoms with Crippen molar-refractivity contribution >= 4 is 5.91 Å². The molecule has 5 heteroatoms. The van der Waals surface area contributed by atoms with Crippen molar-refractivity contribution in [1.82, 2.24) is 15.1 Å². The lowest BCUT2D eigenvalue weighted by atomic mass is 10.4. The molecule has 0 aliphatic rings. The molecule has 5 nitrogen and oxygen atoms in total. The van der Waals surface area contributed by atoms with Gasteiger partial charge in [0.05, 0.1) is 0 Å². The van der Waals surface area contributed by atoms with Gasteiger partial charge in [0, 0.05) is 13.2 Å². The largest absolute Gasteiger partial charge is 0.284 e. The number of hydrogen-bond donors (Lipinski definition) is 1. The molecule has 0 bridgehead atoms. The predicted octanol–water partition coefficient (Wildman–Crippen LogP) is -0.0372. The van der Waals surface area contributed by atoms with Crippen molar-refractivity contribution in [2.24, 2.45) is 0 Å². The first kappa shape index (κ1) is 7.28. The maximum Gasteiger partial charge on any atom is 0.284 e. The van der Waals surface area contributed by atoms with E-state index in [2.05, 4.69) is 10.2 Å². The average molecular weight is 150 g/mol. The molecule has 1 aromatic heterocycles. The van der Waals surface area contributed by atoms with E-state index in [0.717, 1.165) is 4.90 Å². The van der Waals surface area contributed by atoms with Crippen LogP contribution in [-0.2, 0) is 0 Å². The minimum atomic E-state index is -0.384. The second-order valence-electron chi connectivity index (χ2n) is 1.93. The number of nitrogens with zero attached hydrogens (tertiary/aromatic N) is 3. The summed E-state index contributed by atoms with van der Waals surface area (Å²) in [6.07, 6.45) is 3.15. The summed E-state index contributed by atoms with van der Waals surface area (Å²) in [4.78, 5) is 12.0. The van der Waals surface area contributed by atoms with Crippen LogP contribution in [0.2, 0.25) is 0 Å². The highest BCUT2D eigenvalue weighted by molar-refractivity contribution is 5.92. The summed E-state index contributed by atoms with van der Waals surface area (Å²) in [6.45, 7) is 0. The van der Waals surface area contributed by atoms with Gasteiger partial charge in [0.2, 0.25) is 0 Å². The zero-order chi connectivity index (χ0) is 8.27. The zero-order valence-electron chi connectivity index (χ0n) is 5.90. The van der Waals surface area contributed by atoms with Crippen molar-refractivity contribution in [3.05, 3.63) is 18.0 Å². The van der Waals surface area contributed by atoms with Crippen LogP contribution in [0.15, 0.2) is 12.3 Å². The molecule has 1 aromatic rings. The molecule has 0 aliphatic carbocycles. The van der Waals surface area contributed by atoms with Gasteiger partial charge in [-0.3, -0.25) is 9.89 Å². The highest BCUT2D eigenvalue weighted by Crippen LogP contribution is 1.95. The van der Waals surface area contributed by atoms with Crippen LogP contribution in [0.25, 0.3) is 0 Å². The first-order valence-corrected chi connectivity index (χ1v) is 2.93. The van der Waals surface area contributed by atoms with Crippen LogP contribution in [0.4, 0.5) is 0 Å². The van der Waals surface area contributed by atoms with Gasteiger partial charge < -0.3 is 0 Å². The molecular weight excluding hydrogens is 144 g/mol.